The van der Waals surface area contributed by atoms with Crippen LogP contribution in [0.2, 0.25) is 0 Å². The summed E-state index contributed by atoms with van der Waals surface area (Å²) in [6.07, 6.45) is 1.53. The molecule has 3 aromatic rings. The summed E-state index contributed by atoms with van der Waals surface area (Å²) in [5.74, 6) is 0.896. The zero-order valence-electron chi connectivity index (χ0n) is 13.9. The van der Waals surface area contributed by atoms with Crippen LogP contribution in [0.3, 0.4) is 0 Å². The van der Waals surface area contributed by atoms with E-state index in [-0.39, 0.29) is 39.7 Å². The molecule has 1 unspecified atom stereocenters. The van der Waals surface area contributed by atoms with Crippen molar-refractivity contribution < 1.29 is 27.5 Å². The summed E-state index contributed by atoms with van der Waals surface area (Å²) in [6.45, 7) is -2.92. The first-order valence-corrected chi connectivity index (χ1v) is 8.72. The summed E-state index contributed by atoms with van der Waals surface area (Å²) < 4.78 is 52.1. The van der Waals surface area contributed by atoms with E-state index in [1.54, 1.807) is 6.07 Å². The molecule has 0 saturated heterocycles. The highest BCUT2D eigenvalue weighted by Crippen LogP contribution is 2.31. The quantitative estimate of drug-likeness (QED) is 0.474. The van der Waals surface area contributed by atoms with E-state index in [0.717, 1.165) is 0 Å². The summed E-state index contributed by atoms with van der Waals surface area (Å²) in [7, 11) is 2.97. The van der Waals surface area contributed by atoms with E-state index in [1.807, 2.05) is 0 Å². The Balaban J connectivity index is 0.00000261. The Morgan fingerprint density at radius 3 is 2.67 bits per heavy atom. The van der Waals surface area contributed by atoms with Gasteiger partial charge in [-0.3, -0.25) is 9.97 Å². The number of pyridine rings is 1. The smallest absolute Gasteiger partial charge is 0.387 e. The van der Waals surface area contributed by atoms with Crippen LogP contribution in [0.1, 0.15) is 5.69 Å². The Morgan fingerprint density at radius 2 is 2.00 bits per heavy atom. The van der Waals surface area contributed by atoms with Gasteiger partial charge in [-0.1, -0.05) is 0 Å². The fourth-order valence-corrected chi connectivity index (χ4v) is 3.41. The molecule has 2 aromatic heterocycles. The number of nitrogens with one attached hydrogen (secondary N) is 1. The van der Waals surface area contributed by atoms with Crippen molar-refractivity contribution in [1.29, 1.82) is 0 Å². The van der Waals surface area contributed by atoms with Crippen molar-refractivity contribution in [3.8, 4) is 17.2 Å². The monoisotopic (exact) mass is 409 g/mol. The predicted octanol–water partition coefficient (Wildman–Crippen LogP) is 1.97. The second-order valence-electron chi connectivity index (χ2n) is 5.08. The molecular formula is C16H17F2MgN3O4S. The maximum Gasteiger partial charge on any atom is 0.387 e. The summed E-state index contributed by atoms with van der Waals surface area (Å²) in [6, 6.07) is 5.90. The lowest BCUT2D eigenvalue weighted by Gasteiger charge is -2.12. The standard InChI is InChI=1S/C16H15F2N3O4S.Mg.2H/c1-23-13-5-6-19-12(14(13)24-2)8-26(22)16-20-10-4-3-9(25-15(17)18)7-11(10)21-16;;;/h3-7,15H,8H2,1-2H3,(H,20,21);;;. The lowest BCUT2D eigenvalue weighted by atomic mass is 10.3. The molecule has 0 amide bonds. The normalized spacial score (nSPS) is 11.9. The van der Waals surface area contributed by atoms with Crippen LogP contribution in [-0.2, 0) is 16.9 Å². The van der Waals surface area contributed by atoms with Crippen molar-refractivity contribution in [3.05, 3.63) is 36.2 Å². The molecule has 27 heavy (non-hydrogen) atoms. The van der Waals surface area contributed by atoms with E-state index in [1.165, 1.54) is 38.6 Å². The molecule has 0 fully saturated rings. The van der Waals surface area contributed by atoms with Gasteiger partial charge in [0.05, 0.1) is 25.3 Å². The van der Waals surface area contributed by atoms with E-state index in [2.05, 4.69) is 19.7 Å². The molecule has 7 nitrogen and oxygen atoms in total. The average Bonchev–Trinajstić information content (AvgIpc) is 3.04. The summed E-state index contributed by atoms with van der Waals surface area (Å²) in [5, 5.41) is 0.195. The topological polar surface area (TPSA) is 92.3 Å². The van der Waals surface area contributed by atoms with Gasteiger partial charge in [0.25, 0.3) is 0 Å². The number of methoxy groups -OCH3 is 2. The van der Waals surface area contributed by atoms with Gasteiger partial charge in [0, 0.05) is 29.5 Å². The lowest BCUT2D eigenvalue weighted by molar-refractivity contribution is -0.0497. The number of aromatic amines is 1. The minimum absolute atomic E-state index is 0. The van der Waals surface area contributed by atoms with Crippen molar-refractivity contribution in [2.45, 2.75) is 17.5 Å². The number of ether oxygens (including phenoxy) is 3. The molecule has 1 N–H and O–H groups in total. The van der Waals surface area contributed by atoms with Gasteiger partial charge in [-0.25, -0.2) is 0 Å². The molecule has 0 aliphatic heterocycles. The van der Waals surface area contributed by atoms with Gasteiger partial charge in [0.1, 0.15) is 11.4 Å². The van der Waals surface area contributed by atoms with Crippen LogP contribution in [-0.4, -0.2) is 63.4 Å². The number of imidazole rings is 1. The molecule has 0 radical (unpaired) electrons. The fraction of sp³-hybridized carbons (Fsp3) is 0.250. The molecule has 1 atom stereocenters. The third-order valence-electron chi connectivity index (χ3n) is 3.51. The minimum atomic E-state index is -2.92. The maximum atomic E-state index is 12.6. The number of rotatable bonds is 7. The van der Waals surface area contributed by atoms with Gasteiger partial charge in [0.15, 0.2) is 17.3 Å². The van der Waals surface area contributed by atoms with E-state index in [4.69, 9.17) is 9.47 Å². The number of aromatic nitrogens is 3. The molecule has 2 heterocycles. The Hall–Kier alpha value is -1.82. The molecule has 0 aliphatic rings. The number of alkyl halides is 2. The number of H-pyrrole nitrogens is 1. The zero-order chi connectivity index (χ0) is 18.7. The van der Waals surface area contributed by atoms with Crippen LogP contribution >= 0.6 is 0 Å². The molecule has 1 aromatic carbocycles. The molecule has 0 saturated carbocycles. The largest absolute Gasteiger partial charge is 0.609 e. The van der Waals surface area contributed by atoms with Gasteiger partial charge in [0.2, 0.25) is 0 Å². The molecule has 0 spiro atoms. The summed E-state index contributed by atoms with van der Waals surface area (Å²) in [5.41, 5.74) is 1.38. The minimum Gasteiger partial charge on any atom is -0.609 e. The first-order chi connectivity index (χ1) is 12.5. The van der Waals surface area contributed by atoms with Crippen LogP contribution in [0.25, 0.3) is 11.0 Å². The molecule has 3 rings (SSSR count). The number of fused-ring (bicyclic) bond motifs is 1. The lowest BCUT2D eigenvalue weighted by Crippen LogP contribution is -2.10. The van der Waals surface area contributed by atoms with Crippen LogP contribution < -0.4 is 14.2 Å². The van der Waals surface area contributed by atoms with Crippen molar-refractivity contribution >= 4 is 45.3 Å². The van der Waals surface area contributed by atoms with Crippen LogP contribution in [0, 0.1) is 0 Å². The SMILES string of the molecule is COc1ccnc(C[S+]([O-])c2nc3cc(OC(F)F)ccc3[nH]2)c1OC.[MgH2]. The summed E-state index contributed by atoms with van der Waals surface area (Å²) in [4.78, 5) is 11.3. The number of hydrogen-bond acceptors (Lipinski definition) is 6. The molecule has 11 heteroatoms. The number of nitrogens with zero attached hydrogens (tertiary/aromatic N) is 2. The van der Waals surface area contributed by atoms with E-state index in [9.17, 15) is 13.3 Å². The van der Waals surface area contributed by atoms with Crippen LogP contribution in [0.5, 0.6) is 17.2 Å². The van der Waals surface area contributed by atoms with Crippen molar-refractivity contribution in [2.75, 3.05) is 14.2 Å². The second-order valence-corrected chi connectivity index (χ2v) is 6.45. The zero-order valence-corrected chi connectivity index (χ0v) is 14.7. The van der Waals surface area contributed by atoms with Crippen molar-refractivity contribution in [2.24, 2.45) is 0 Å². The Morgan fingerprint density at radius 1 is 1.22 bits per heavy atom. The highest BCUT2D eigenvalue weighted by atomic mass is 32.2. The highest BCUT2D eigenvalue weighted by molar-refractivity contribution is 7.90. The number of halogens is 2. The van der Waals surface area contributed by atoms with Crippen LogP contribution in [0.4, 0.5) is 8.78 Å². The Labute approximate surface area is 172 Å². The van der Waals surface area contributed by atoms with E-state index >= 15 is 0 Å². The Bertz CT molecular complexity index is 913. The van der Waals surface area contributed by atoms with E-state index in [0.29, 0.717) is 28.2 Å². The van der Waals surface area contributed by atoms with Gasteiger partial charge < -0.3 is 18.8 Å². The average molecular weight is 410 g/mol. The molecule has 142 valence electrons. The number of benzene rings is 1. The highest BCUT2D eigenvalue weighted by Gasteiger charge is 2.22. The van der Waals surface area contributed by atoms with Crippen molar-refractivity contribution in [1.82, 2.24) is 15.0 Å². The predicted molar refractivity (Wildman–Crippen MR) is 98.7 cm³/mol. The van der Waals surface area contributed by atoms with Gasteiger partial charge >= 0.3 is 34.8 Å². The number of hydrogen-bond donors (Lipinski definition) is 1. The van der Waals surface area contributed by atoms with Gasteiger partial charge in [-0.05, 0) is 12.1 Å². The molecular weight excluding hydrogens is 393 g/mol. The second kappa shape index (κ2) is 9.40. The van der Waals surface area contributed by atoms with Gasteiger partial charge in [-0.2, -0.15) is 13.8 Å². The van der Waals surface area contributed by atoms with Crippen LogP contribution in [0.15, 0.2) is 35.6 Å². The first kappa shape index (κ1) is 21.5. The third kappa shape index (κ3) is 4.92. The molecule has 0 bridgehead atoms. The molecule has 0 aliphatic carbocycles. The van der Waals surface area contributed by atoms with E-state index < -0.39 is 17.8 Å². The van der Waals surface area contributed by atoms with Gasteiger partial charge in [-0.15, -0.1) is 0 Å². The Kier molecular flexibility index (Phi) is 7.47. The maximum absolute atomic E-state index is 12.6. The fourth-order valence-electron chi connectivity index (χ4n) is 2.39. The summed E-state index contributed by atoms with van der Waals surface area (Å²) >= 11 is -1.56. The van der Waals surface area contributed by atoms with Crippen molar-refractivity contribution in [3.63, 3.8) is 0 Å². The third-order valence-corrected chi connectivity index (χ3v) is 4.67. The first-order valence-electron chi connectivity index (χ1n) is 7.40.